The number of rotatable bonds is 2. The lowest BCUT2D eigenvalue weighted by Gasteiger charge is -2.31. The van der Waals surface area contributed by atoms with Crippen LogP contribution in [0.1, 0.15) is 23.2 Å². The maximum atomic E-state index is 12.4. The summed E-state index contributed by atoms with van der Waals surface area (Å²) in [4.78, 5) is 14.3. The Morgan fingerprint density at radius 3 is 2.84 bits per heavy atom. The number of carbonyl (C=O) groups is 1. The van der Waals surface area contributed by atoms with Crippen molar-refractivity contribution >= 4 is 24.2 Å². The van der Waals surface area contributed by atoms with Gasteiger partial charge in [-0.25, -0.2) is 4.63 Å². The first kappa shape index (κ1) is 12.2. The lowest BCUT2D eigenvalue weighted by Crippen LogP contribution is -2.38. The monoisotopic (exact) mass is 256 g/mol. The van der Waals surface area contributed by atoms with E-state index in [0.29, 0.717) is 22.6 Å². The molecule has 0 N–H and O–H groups in total. The largest absolute Gasteiger partial charge is 0.339 e. The van der Waals surface area contributed by atoms with Gasteiger partial charge in [0.25, 0.3) is 5.91 Å². The molecule has 1 aliphatic rings. The summed E-state index contributed by atoms with van der Waals surface area (Å²) < 4.78 is 4.65. The summed E-state index contributed by atoms with van der Waals surface area (Å²) >= 11 is 0. The van der Waals surface area contributed by atoms with Crippen molar-refractivity contribution in [1.29, 1.82) is 0 Å². The molecule has 19 heavy (non-hydrogen) atoms. The van der Waals surface area contributed by atoms with Crippen LogP contribution < -0.4 is 0 Å². The van der Waals surface area contributed by atoms with Crippen molar-refractivity contribution in [2.75, 3.05) is 7.05 Å². The van der Waals surface area contributed by atoms with Gasteiger partial charge in [-0.1, -0.05) is 12.6 Å². The minimum Gasteiger partial charge on any atom is -0.339 e. The smallest absolute Gasteiger partial charge is 0.253 e. The van der Waals surface area contributed by atoms with Gasteiger partial charge in [0.05, 0.1) is 0 Å². The lowest BCUT2D eigenvalue weighted by molar-refractivity contribution is 0.0721. The van der Waals surface area contributed by atoms with E-state index in [0.717, 1.165) is 25.5 Å². The highest BCUT2D eigenvalue weighted by atomic mass is 16.6. The number of aromatic nitrogens is 2. The zero-order valence-corrected chi connectivity index (χ0v) is 10.9. The highest BCUT2D eigenvalue weighted by Crippen LogP contribution is 2.21. The van der Waals surface area contributed by atoms with E-state index in [-0.39, 0.29) is 5.91 Å². The van der Waals surface area contributed by atoms with Gasteiger partial charge in [-0.2, -0.15) is 0 Å². The van der Waals surface area contributed by atoms with Gasteiger partial charge in [-0.15, -0.1) is 0 Å². The first-order chi connectivity index (χ1) is 9.25. The molecule has 0 spiro atoms. The molecular weight excluding hydrogens is 241 g/mol. The molecule has 1 aliphatic heterocycles. The number of hydrogen-bond acceptors (Lipinski definition) is 4. The van der Waals surface area contributed by atoms with Crippen molar-refractivity contribution in [3.63, 3.8) is 0 Å². The van der Waals surface area contributed by atoms with Gasteiger partial charge in [-0.05, 0) is 41.4 Å². The topological polar surface area (TPSA) is 59.2 Å². The van der Waals surface area contributed by atoms with Crippen LogP contribution in [0.15, 0.2) is 22.8 Å². The Labute approximate surface area is 112 Å². The number of carbonyl (C=O) groups excluding carboxylic acids is 1. The maximum absolute atomic E-state index is 12.4. The van der Waals surface area contributed by atoms with Gasteiger partial charge in [0.2, 0.25) is 0 Å². The third-order valence-electron chi connectivity index (χ3n) is 3.78. The predicted octanol–water partition coefficient (Wildman–Crippen LogP) is 2.00. The molecule has 0 atom stereocenters. The Bertz CT molecular complexity index is 592. The Morgan fingerprint density at radius 2 is 2.05 bits per heavy atom. The third-order valence-corrected chi connectivity index (χ3v) is 3.78. The fourth-order valence-electron chi connectivity index (χ4n) is 2.58. The molecule has 1 aromatic carbocycles. The molecule has 2 aromatic rings. The molecule has 1 fully saturated rings. The van der Waals surface area contributed by atoms with E-state index in [2.05, 4.69) is 22.2 Å². The van der Waals surface area contributed by atoms with E-state index >= 15 is 0 Å². The normalized spacial score (nSPS) is 16.3. The van der Waals surface area contributed by atoms with Crippen LogP contribution in [0.3, 0.4) is 0 Å². The van der Waals surface area contributed by atoms with E-state index in [9.17, 15) is 4.79 Å². The fourth-order valence-corrected chi connectivity index (χ4v) is 2.58. The Hall–Kier alpha value is -1.85. The standard InChI is InChI=1S/C13H15BN3O2/c1-17(10-4-6-14-7-5-10)13(18)9-2-3-11-12(8-9)16-19-15-11/h2-3,8,10H,4-7H2,1H3. The Kier molecular flexibility index (Phi) is 3.23. The van der Waals surface area contributed by atoms with Crippen LogP contribution in [0, 0.1) is 0 Å². The van der Waals surface area contributed by atoms with Gasteiger partial charge in [0.1, 0.15) is 18.3 Å². The molecule has 5 nitrogen and oxygen atoms in total. The second-order valence-electron chi connectivity index (χ2n) is 4.98. The number of nitrogens with zero attached hydrogens (tertiary/aromatic N) is 3. The highest BCUT2D eigenvalue weighted by Gasteiger charge is 2.23. The van der Waals surface area contributed by atoms with Crippen molar-refractivity contribution in [1.82, 2.24) is 15.2 Å². The minimum atomic E-state index is 0.0387. The Balaban J connectivity index is 1.81. The van der Waals surface area contributed by atoms with Crippen molar-refractivity contribution in [3.8, 4) is 0 Å². The summed E-state index contributed by atoms with van der Waals surface area (Å²) in [6, 6.07) is 5.62. The molecule has 0 bridgehead atoms. The summed E-state index contributed by atoms with van der Waals surface area (Å²) in [6.45, 7) is 0. The van der Waals surface area contributed by atoms with E-state index in [1.807, 2.05) is 11.9 Å². The van der Waals surface area contributed by atoms with Crippen LogP contribution in [0.2, 0.25) is 12.6 Å². The van der Waals surface area contributed by atoms with Crippen molar-refractivity contribution in [3.05, 3.63) is 23.8 Å². The van der Waals surface area contributed by atoms with Gasteiger partial charge in [0, 0.05) is 18.7 Å². The first-order valence-corrected chi connectivity index (χ1v) is 6.57. The molecule has 0 aliphatic carbocycles. The highest BCUT2D eigenvalue weighted by molar-refractivity contribution is 6.35. The van der Waals surface area contributed by atoms with Crippen LogP contribution >= 0.6 is 0 Å². The predicted molar refractivity (Wildman–Crippen MR) is 72.3 cm³/mol. The number of benzene rings is 1. The molecule has 6 heteroatoms. The molecule has 3 rings (SSSR count). The van der Waals surface area contributed by atoms with E-state index in [1.165, 1.54) is 0 Å². The Morgan fingerprint density at radius 1 is 1.32 bits per heavy atom. The molecule has 1 aromatic heterocycles. The summed E-state index contributed by atoms with van der Waals surface area (Å²) in [6.07, 6.45) is 4.29. The average Bonchev–Trinajstić information content (AvgIpc) is 2.94. The average molecular weight is 256 g/mol. The molecule has 0 saturated carbocycles. The summed E-state index contributed by atoms with van der Waals surface area (Å²) in [5.41, 5.74) is 1.93. The van der Waals surface area contributed by atoms with Crippen LogP contribution in [-0.2, 0) is 0 Å². The summed E-state index contributed by atoms with van der Waals surface area (Å²) in [5, 5.41) is 7.51. The van der Waals surface area contributed by atoms with Crippen molar-refractivity contribution in [2.24, 2.45) is 0 Å². The number of fused-ring (bicyclic) bond motifs is 1. The second kappa shape index (κ2) is 5.03. The van der Waals surface area contributed by atoms with E-state index < -0.39 is 0 Å². The molecular formula is C13H15BN3O2. The molecule has 1 saturated heterocycles. The summed E-state index contributed by atoms with van der Waals surface area (Å²) in [5.74, 6) is 0.0387. The van der Waals surface area contributed by atoms with Crippen LogP contribution in [0.4, 0.5) is 0 Å². The van der Waals surface area contributed by atoms with Crippen molar-refractivity contribution in [2.45, 2.75) is 31.5 Å². The quantitative estimate of drug-likeness (QED) is 0.771. The van der Waals surface area contributed by atoms with E-state index in [4.69, 9.17) is 0 Å². The third kappa shape index (κ3) is 2.34. The fraction of sp³-hybridized carbons (Fsp3) is 0.462. The second-order valence-corrected chi connectivity index (χ2v) is 4.98. The van der Waals surface area contributed by atoms with E-state index in [1.54, 1.807) is 18.2 Å². The van der Waals surface area contributed by atoms with Gasteiger partial charge in [0.15, 0.2) is 0 Å². The first-order valence-electron chi connectivity index (χ1n) is 6.57. The minimum absolute atomic E-state index is 0.0387. The number of hydrogen-bond donors (Lipinski definition) is 0. The molecule has 97 valence electrons. The van der Waals surface area contributed by atoms with Crippen molar-refractivity contribution < 1.29 is 9.42 Å². The van der Waals surface area contributed by atoms with Crippen LogP contribution in [-0.4, -0.2) is 41.5 Å². The van der Waals surface area contributed by atoms with Gasteiger partial charge >= 0.3 is 0 Å². The molecule has 1 amide bonds. The molecule has 0 unspecified atom stereocenters. The number of amides is 1. The van der Waals surface area contributed by atoms with Gasteiger partial charge in [-0.3, -0.25) is 4.79 Å². The molecule has 2 heterocycles. The SMILES string of the molecule is CN(C(=O)c1ccc2nonc2c1)C1CC[B]CC1. The summed E-state index contributed by atoms with van der Waals surface area (Å²) in [7, 11) is 4.17. The lowest BCUT2D eigenvalue weighted by atomic mass is 9.63. The maximum Gasteiger partial charge on any atom is 0.253 e. The zero-order valence-electron chi connectivity index (χ0n) is 10.9. The van der Waals surface area contributed by atoms with Crippen LogP contribution in [0.25, 0.3) is 11.0 Å². The zero-order chi connectivity index (χ0) is 13.2. The van der Waals surface area contributed by atoms with Crippen LogP contribution in [0.5, 0.6) is 0 Å². The molecule has 1 radical (unpaired) electrons. The van der Waals surface area contributed by atoms with Gasteiger partial charge < -0.3 is 4.90 Å².